The lowest BCUT2D eigenvalue weighted by atomic mass is 9.56. The highest BCUT2D eigenvalue weighted by Gasteiger charge is 2.48. The summed E-state index contributed by atoms with van der Waals surface area (Å²) in [5.41, 5.74) is 1.75. The largest absolute Gasteiger partial charge is 0.311 e. The summed E-state index contributed by atoms with van der Waals surface area (Å²) >= 11 is 0. The Balaban J connectivity index is 1.63. The Morgan fingerprint density at radius 1 is 0.800 bits per heavy atom. The molecule has 0 heterocycles. The van der Waals surface area contributed by atoms with E-state index in [9.17, 15) is 0 Å². The van der Waals surface area contributed by atoms with Gasteiger partial charge in [0.15, 0.2) is 0 Å². The van der Waals surface area contributed by atoms with E-state index in [1.807, 2.05) is 0 Å². The molecule has 0 amide bonds. The molecule has 0 aromatic carbocycles. The van der Waals surface area contributed by atoms with E-state index in [0.29, 0.717) is 16.2 Å². The lowest BCUT2D eigenvalue weighted by Gasteiger charge is -2.55. The monoisotopic (exact) mass is 277 g/mol. The van der Waals surface area contributed by atoms with Crippen LogP contribution in [0.25, 0.3) is 0 Å². The molecule has 1 heteroatoms. The maximum Gasteiger partial charge on any atom is 0.0126 e. The standard InChI is InChI=1S/C19H35N/c1-17(2)12-15(13-18(3,4)14-17)20-16-8-11-19(16)9-6-5-7-10-19/h15-16,20H,5-14H2,1-4H3. The summed E-state index contributed by atoms with van der Waals surface area (Å²) in [5.74, 6) is 0. The first kappa shape index (κ1) is 14.9. The fourth-order valence-electron chi connectivity index (χ4n) is 6.06. The summed E-state index contributed by atoms with van der Waals surface area (Å²) in [6.07, 6.45) is 14.5. The smallest absolute Gasteiger partial charge is 0.0126 e. The van der Waals surface area contributed by atoms with Crippen molar-refractivity contribution in [1.82, 2.24) is 5.32 Å². The van der Waals surface area contributed by atoms with Gasteiger partial charge in [-0.05, 0) is 61.2 Å². The molecule has 3 saturated carbocycles. The van der Waals surface area contributed by atoms with E-state index in [2.05, 4.69) is 33.0 Å². The van der Waals surface area contributed by atoms with E-state index in [1.165, 1.54) is 64.2 Å². The van der Waals surface area contributed by atoms with Crippen LogP contribution in [0.3, 0.4) is 0 Å². The van der Waals surface area contributed by atoms with Gasteiger partial charge in [0, 0.05) is 12.1 Å². The van der Waals surface area contributed by atoms with Gasteiger partial charge in [-0.2, -0.15) is 0 Å². The Morgan fingerprint density at radius 2 is 1.40 bits per heavy atom. The fraction of sp³-hybridized carbons (Fsp3) is 1.00. The molecule has 1 spiro atoms. The quantitative estimate of drug-likeness (QED) is 0.723. The molecule has 116 valence electrons. The molecule has 0 aromatic heterocycles. The molecule has 1 nitrogen and oxygen atoms in total. The zero-order valence-corrected chi connectivity index (χ0v) is 14.2. The van der Waals surface area contributed by atoms with Crippen molar-refractivity contribution in [3.05, 3.63) is 0 Å². The molecule has 0 bridgehead atoms. The van der Waals surface area contributed by atoms with Crippen LogP contribution in [0.2, 0.25) is 0 Å². The van der Waals surface area contributed by atoms with Crippen molar-refractivity contribution in [3.8, 4) is 0 Å². The molecule has 0 saturated heterocycles. The molecule has 3 fully saturated rings. The van der Waals surface area contributed by atoms with Crippen LogP contribution >= 0.6 is 0 Å². The van der Waals surface area contributed by atoms with E-state index in [4.69, 9.17) is 0 Å². The van der Waals surface area contributed by atoms with Gasteiger partial charge in [-0.15, -0.1) is 0 Å². The molecule has 3 aliphatic rings. The zero-order valence-electron chi connectivity index (χ0n) is 14.2. The van der Waals surface area contributed by atoms with Crippen molar-refractivity contribution in [2.45, 2.75) is 104 Å². The van der Waals surface area contributed by atoms with Crippen molar-refractivity contribution in [2.75, 3.05) is 0 Å². The first-order valence-corrected chi connectivity index (χ1v) is 9.07. The van der Waals surface area contributed by atoms with Gasteiger partial charge in [-0.3, -0.25) is 0 Å². The fourth-order valence-corrected chi connectivity index (χ4v) is 6.06. The topological polar surface area (TPSA) is 12.0 Å². The third kappa shape index (κ3) is 2.93. The maximum atomic E-state index is 4.13. The van der Waals surface area contributed by atoms with E-state index >= 15 is 0 Å². The average molecular weight is 277 g/mol. The molecular formula is C19H35N. The molecule has 3 aliphatic carbocycles. The van der Waals surface area contributed by atoms with Crippen LogP contribution in [0.15, 0.2) is 0 Å². The van der Waals surface area contributed by atoms with Crippen molar-refractivity contribution in [1.29, 1.82) is 0 Å². The second kappa shape index (κ2) is 5.00. The highest BCUT2D eigenvalue weighted by Crippen LogP contribution is 2.53. The van der Waals surface area contributed by atoms with Crippen molar-refractivity contribution in [2.24, 2.45) is 16.2 Å². The summed E-state index contributed by atoms with van der Waals surface area (Å²) in [4.78, 5) is 0. The number of nitrogens with one attached hydrogen (secondary N) is 1. The Kier molecular flexibility index (Phi) is 3.72. The van der Waals surface area contributed by atoms with Crippen LogP contribution < -0.4 is 5.32 Å². The summed E-state index contributed by atoms with van der Waals surface area (Å²) in [7, 11) is 0. The van der Waals surface area contributed by atoms with Gasteiger partial charge in [0.05, 0.1) is 0 Å². The Hall–Kier alpha value is -0.0400. The molecule has 3 rings (SSSR count). The van der Waals surface area contributed by atoms with Gasteiger partial charge in [-0.25, -0.2) is 0 Å². The lowest BCUT2D eigenvalue weighted by Crippen LogP contribution is -2.59. The minimum absolute atomic E-state index is 0.517. The normalized spacial score (nSPS) is 35.7. The first-order valence-electron chi connectivity index (χ1n) is 9.07. The molecule has 0 radical (unpaired) electrons. The Morgan fingerprint density at radius 3 is 1.90 bits per heavy atom. The number of rotatable bonds is 2. The Labute approximate surface area is 126 Å². The second-order valence-electron chi connectivity index (χ2n) is 9.79. The zero-order chi connectivity index (χ0) is 14.4. The van der Waals surface area contributed by atoms with Crippen LogP contribution in [0.4, 0.5) is 0 Å². The van der Waals surface area contributed by atoms with Crippen molar-refractivity contribution >= 4 is 0 Å². The van der Waals surface area contributed by atoms with Gasteiger partial charge < -0.3 is 5.32 Å². The number of hydrogen-bond donors (Lipinski definition) is 1. The second-order valence-corrected chi connectivity index (χ2v) is 9.79. The van der Waals surface area contributed by atoms with Crippen molar-refractivity contribution < 1.29 is 0 Å². The molecular weight excluding hydrogens is 242 g/mol. The van der Waals surface area contributed by atoms with E-state index in [0.717, 1.165) is 12.1 Å². The third-order valence-corrected chi connectivity index (χ3v) is 6.51. The SMILES string of the molecule is CC1(C)CC(NC2CCC23CCCCC3)CC(C)(C)C1. The van der Waals surface area contributed by atoms with Crippen LogP contribution in [-0.4, -0.2) is 12.1 Å². The predicted octanol–water partition coefficient (Wildman–Crippen LogP) is 5.29. The first-order chi connectivity index (χ1) is 9.30. The maximum absolute atomic E-state index is 4.13. The molecule has 1 N–H and O–H groups in total. The minimum Gasteiger partial charge on any atom is -0.311 e. The van der Waals surface area contributed by atoms with Gasteiger partial charge >= 0.3 is 0 Å². The van der Waals surface area contributed by atoms with Crippen LogP contribution in [0, 0.1) is 16.2 Å². The van der Waals surface area contributed by atoms with Crippen molar-refractivity contribution in [3.63, 3.8) is 0 Å². The van der Waals surface area contributed by atoms with Crippen LogP contribution in [-0.2, 0) is 0 Å². The van der Waals surface area contributed by atoms with Gasteiger partial charge in [0.25, 0.3) is 0 Å². The molecule has 20 heavy (non-hydrogen) atoms. The van der Waals surface area contributed by atoms with E-state index in [1.54, 1.807) is 0 Å². The molecule has 0 aromatic rings. The van der Waals surface area contributed by atoms with Crippen LogP contribution in [0.1, 0.15) is 91.9 Å². The lowest BCUT2D eigenvalue weighted by molar-refractivity contribution is -0.00388. The van der Waals surface area contributed by atoms with E-state index < -0.39 is 0 Å². The number of hydrogen-bond acceptors (Lipinski definition) is 1. The minimum atomic E-state index is 0.517. The third-order valence-electron chi connectivity index (χ3n) is 6.51. The highest BCUT2D eigenvalue weighted by atomic mass is 15.0. The molecule has 0 aliphatic heterocycles. The average Bonchev–Trinajstić information content (AvgIpc) is 2.32. The van der Waals surface area contributed by atoms with E-state index in [-0.39, 0.29) is 0 Å². The highest BCUT2D eigenvalue weighted by molar-refractivity contribution is 5.04. The van der Waals surface area contributed by atoms with Gasteiger partial charge in [-0.1, -0.05) is 47.0 Å². The predicted molar refractivity (Wildman–Crippen MR) is 86.9 cm³/mol. The molecule has 1 unspecified atom stereocenters. The Bertz CT molecular complexity index is 333. The van der Waals surface area contributed by atoms with Gasteiger partial charge in [0.1, 0.15) is 0 Å². The summed E-state index contributed by atoms with van der Waals surface area (Å²) in [6, 6.07) is 1.61. The van der Waals surface area contributed by atoms with Crippen LogP contribution in [0.5, 0.6) is 0 Å². The summed E-state index contributed by atoms with van der Waals surface area (Å²) in [5, 5.41) is 4.13. The molecule has 1 atom stereocenters. The summed E-state index contributed by atoms with van der Waals surface area (Å²) in [6.45, 7) is 9.89. The van der Waals surface area contributed by atoms with Gasteiger partial charge in [0.2, 0.25) is 0 Å². The summed E-state index contributed by atoms with van der Waals surface area (Å²) < 4.78 is 0.